The quantitative estimate of drug-likeness (QED) is 0.552. The Labute approximate surface area is 129 Å². The van der Waals surface area contributed by atoms with E-state index >= 15 is 0 Å². The maximum atomic E-state index is 6.27. The summed E-state index contributed by atoms with van der Waals surface area (Å²) in [6.45, 7) is 4.00. The average molecular weight is 298 g/mol. The molecule has 4 heteroatoms. The highest BCUT2D eigenvalue weighted by Gasteiger charge is 2.26. The standard InChI is InChI=1S/C15H10ClN3.C2H6/c16-13-5-1-4-10-11(13)7-12-14(18-19-15(10)12)9-3-2-6-17-8-9;1-2/h1-6,8H,7H2,(H,18,19);1-2H3. The molecule has 1 aromatic carbocycles. The maximum Gasteiger partial charge on any atom is 0.0978 e. The Bertz CT molecular complexity index is 763. The summed E-state index contributed by atoms with van der Waals surface area (Å²) in [4.78, 5) is 4.15. The minimum absolute atomic E-state index is 0.819. The van der Waals surface area contributed by atoms with E-state index in [4.69, 9.17) is 11.6 Å². The van der Waals surface area contributed by atoms with E-state index in [0.29, 0.717) is 0 Å². The number of rotatable bonds is 1. The SMILES string of the molecule is CC.Clc1cccc2c1Cc1c(-c3cccnc3)n[nH]c1-2. The molecule has 1 N–H and O–H groups in total. The molecule has 0 aliphatic heterocycles. The molecule has 0 spiro atoms. The van der Waals surface area contributed by atoms with Crippen molar-refractivity contribution in [3.05, 3.63) is 58.9 Å². The summed E-state index contributed by atoms with van der Waals surface area (Å²) in [6, 6.07) is 9.93. The van der Waals surface area contributed by atoms with Gasteiger partial charge in [0, 0.05) is 40.5 Å². The van der Waals surface area contributed by atoms with E-state index in [1.165, 1.54) is 11.1 Å². The molecule has 1 aliphatic rings. The molecule has 0 atom stereocenters. The Balaban J connectivity index is 0.000000636. The minimum atomic E-state index is 0.819. The number of halogens is 1. The van der Waals surface area contributed by atoms with Gasteiger partial charge in [-0.05, 0) is 23.8 Å². The van der Waals surface area contributed by atoms with Crippen LogP contribution in [0.15, 0.2) is 42.7 Å². The summed E-state index contributed by atoms with van der Waals surface area (Å²) in [5.74, 6) is 0. The van der Waals surface area contributed by atoms with Gasteiger partial charge in [-0.15, -0.1) is 0 Å². The maximum absolute atomic E-state index is 6.27. The fourth-order valence-electron chi connectivity index (χ4n) is 2.65. The Morgan fingerprint density at radius 3 is 2.71 bits per heavy atom. The number of hydrogen-bond donors (Lipinski definition) is 1. The Hall–Kier alpha value is -2.13. The van der Waals surface area contributed by atoms with Gasteiger partial charge in [-0.3, -0.25) is 10.1 Å². The first-order valence-electron chi connectivity index (χ1n) is 7.10. The molecule has 0 fully saturated rings. The van der Waals surface area contributed by atoms with Crippen LogP contribution in [0.4, 0.5) is 0 Å². The fourth-order valence-corrected chi connectivity index (χ4v) is 2.89. The lowest BCUT2D eigenvalue weighted by molar-refractivity contribution is 1.09. The smallest absolute Gasteiger partial charge is 0.0978 e. The fraction of sp³-hybridized carbons (Fsp3) is 0.176. The van der Waals surface area contributed by atoms with Gasteiger partial charge in [0.1, 0.15) is 0 Å². The number of pyridine rings is 1. The highest BCUT2D eigenvalue weighted by Crippen LogP contribution is 2.42. The van der Waals surface area contributed by atoms with Crippen molar-refractivity contribution in [2.75, 3.05) is 0 Å². The van der Waals surface area contributed by atoms with Crippen LogP contribution < -0.4 is 0 Å². The van der Waals surface area contributed by atoms with Crippen molar-refractivity contribution >= 4 is 11.6 Å². The summed E-state index contributed by atoms with van der Waals surface area (Å²) >= 11 is 6.27. The van der Waals surface area contributed by atoms with Gasteiger partial charge in [0.15, 0.2) is 0 Å². The van der Waals surface area contributed by atoms with Crippen molar-refractivity contribution in [1.29, 1.82) is 0 Å². The molecule has 4 rings (SSSR count). The molecule has 0 saturated heterocycles. The van der Waals surface area contributed by atoms with Gasteiger partial charge in [0.25, 0.3) is 0 Å². The van der Waals surface area contributed by atoms with Crippen LogP contribution in [0.3, 0.4) is 0 Å². The third-order valence-electron chi connectivity index (χ3n) is 3.54. The first-order valence-corrected chi connectivity index (χ1v) is 7.48. The molecule has 0 bridgehead atoms. The zero-order valence-electron chi connectivity index (χ0n) is 12.0. The van der Waals surface area contributed by atoms with Crippen molar-refractivity contribution in [3.8, 4) is 22.5 Å². The largest absolute Gasteiger partial charge is 0.277 e. The highest BCUT2D eigenvalue weighted by atomic mass is 35.5. The van der Waals surface area contributed by atoms with Crippen LogP contribution in [-0.2, 0) is 6.42 Å². The molecule has 2 heterocycles. The Kier molecular flexibility index (Phi) is 3.76. The molecular weight excluding hydrogens is 282 g/mol. The first-order chi connectivity index (χ1) is 10.3. The predicted octanol–water partition coefficient (Wildman–Crippen LogP) is 4.72. The van der Waals surface area contributed by atoms with E-state index in [-0.39, 0.29) is 0 Å². The number of nitrogens with one attached hydrogen (secondary N) is 1. The van der Waals surface area contributed by atoms with Gasteiger partial charge in [0.05, 0.1) is 11.4 Å². The minimum Gasteiger partial charge on any atom is -0.277 e. The van der Waals surface area contributed by atoms with Gasteiger partial charge in [-0.2, -0.15) is 5.10 Å². The van der Waals surface area contributed by atoms with Gasteiger partial charge in [0.2, 0.25) is 0 Å². The van der Waals surface area contributed by atoms with Crippen LogP contribution in [0, 0.1) is 0 Å². The molecule has 0 saturated carbocycles. The molecule has 0 radical (unpaired) electrons. The number of aromatic amines is 1. The van der Waals surface area contributed by atoms with Crippen molar-refractivity contribution in [3.63, 3.8) is 0 Å². The Morgan fingerprint density at radius 1 is 1.10 bits per heavy atom. The number of fused-ring (bicyclic) bond motifs is 3. The lowest BCUT2D eigenvalue weighted by Gasteiger charge is -2.01. The predicted molar refractivity (Wildman–Crippen MR) is 86.4 cm³/mol. The first kappa shape index (κ1) is 13.8. The second-order valence-electron chi connectivity index (χ2n) is 4.61. The molecular formula is C17H16ClN3. The summed E-state index contributed by atoms with van der Waals surface area (Å²) < 4.78 is 0. The van der Waals surface area contributed by atoms with Crippen LogP contribution in [-0.4, -0.2) is 15.2 Å². The number of hydrogen-bond acceptors (Lipinski definition) is 2. The van der Waals surface area contributed by atoms with Crippen LogP contribution in [0.5, 0.6) is 0 Å². The van der Waals surface area contributed by atoms with Crippen LogP contribution in [0.2, 0.25) is 5.02 Å². The summed E-state index contributed by atoms with van der Waals surface area (Å²) in [5, 5.41) is 8.38. The summed E-state index contributed by atoms with van der Waals surface area (Å²) in [6.07, 6.45) is 4.42. The monoisotopic (exact) mass is 297 g/mol. The van der Waals surface area contributed by atoms with Crippen LogP contribution in [0.25, 0.3) is 22.5 Å². The normalized spacial score (nSPS) is 11.4. The van der Waals surface area contributed by atoms with Gasteiger partial charge in [-0.25, -0.2) is 0 Å². The molecule has 0 amide bonds. The van der Waals surface area contributed by atoms with E-state index in [1.54, 1.807) is 6.20 Å². The van der Waals surface area contributed by atoms with Gasteiger partial charge in [-0.1, -0.05) is 37.6 Å². The molecule has 3 nitrogen and oxygen atoms in total. The average Bonchev–Trinajstić information content (AvgIpc) is 3.10. The topological polar surface area (TPSA) is 41.6 Å². The molecule has 0 unspecified atom stereocenters. The lowest BCUT2D eigenvalue weighted by atomic mass is 10.1. The van der Waals surface area contributed by atoms with E-state index in [0.717, 1.165) is 34.0 Å². The lowest BCUT2D eigenvalue weighted by Crippen LogP contribution is -1.88. The number of aromatic nitrogens is 3. The van der Waals surface area contributed by atoms with Crippen LogP contribution >= 0.6 is 11.6 Å². The molecule has 1 aliphatic carbocycles. The zero-order chi connectivity index (χ0) is 14.8. The van der Waals surface area contributed by atoms with Crippen molar-refractivity contribution in [2.24, 2.45) is 0 Å². The highest BCUT2D eigenvalue weighted by molar-refractivity contribution is 6.32. The number of nitrogens with zero attached hydrogens (tertiary/aromatic N) is 2. The number of benzene rings is 1. The van der Waals surface area contributed by atoms with E-state index in [9.17, 15) is 0 Å². The van der Waals surface area contributed by atoms with E-state index in [2.05, 4.69) is 21.2 Å². The third kappa shape index (κ3) is 2.24. The van der Waals surface area contributed by atoms with Gasteiger partial charge >= 0.3 is 0 Å². The summed E-state index contributed by atoms with van der Waals surface area (Å²) in [7, 11) is 0. The van der Waals surface area contributed by atoms with Gasteiger partial charge < -0.3 is 0 Å². The van der Waals surface area contributed by atoms with E-state index in [1.807, 2.05) is 44.3 Å². The second kappa shape index (κ2) is 5.70. The number of H-pyrrole nitrogens is 1. The summed E-state index contributed by atoms with van der Waals surface area (Å²) in [5.41, 5.74) is 6.62. The van der Waals surface area contributed by atoms with Crippen molar-refractivity contribution in [2.45, 2.75) is 20.3 Å². The zero-order valence-corrected chi connectivity index (χ0v) is 12.8. The van der Waals surface area contributed by atoms with Crippen LogP contribution in [0.1, 0.15) is 25.0 Å². The second-order valence-corrected chi connectivity index (χ2v) is 5.02. The molecule has 106 valence electrons. The molecule has 3 aromatic rings. The Morgan fingerprint density at radius 2 is 1.95 bits per heavy atom. The molecule has 21 heavy (non-hydrogen) atoms. The van der Waals surface area contributed by atoms with E-state index < -0.39 is 0 Å². The van der Waals surface area contributed by atoms with Crippen molar-refractivity contribution in [1.82, 2.24) is 15.2 Å². The third-order valence-corrected chi connectivity index (χ3v) is 3.90. The molecule has 2 aromatic heterocycles. The van der Waals surface area contributed by atoms with Crippen molar-refractivity contribution < 1.29 is 0 Å².